The molecule has 1 fully saturated rings. The second-order valence-electron chi connectivity index (χ2n) is 8.93. The maximum Gasteiger partial charge on any atom is 0.254 e. The van der Waals surface area contributed by atoms with Crippen molar-refractivity contribution in [3.63, 3.8) is 0 Å². The molecule has 7 nitrogen and oxygen atoms in total. The third-order valence-corrected chi connectivity index (χ3v) is 5.09. The van der Waals surface area contributed by atoms with Crippen LogP contribution in [0.25, 0.3) is 11.3 Å². The zero-order chi connectivity index (χ0) is 20.4. The van der Waals surface area contributed by atoms with E-state index in [4.69, 9.17) is 5.73 Å². The Bertz CT molecular complexity index is 1070. The number of carbonyl (C=O) groups excluding carboxylic acids is 1. The molecule has 1 atom stereocenters. The molecule has 0 radical (unpaired) electrons. The molecule has 4 rings (SSSR count). The minimum Gasteiger partial charge on any atom is -0.365 e. The van der Waals surface area contributed by atoms with Crippen LogP contribution in [0.1, 0.15) is 50.7 Å². The number of benzene rings is 1. The first-order valence-electron chi connectivity index (χ1n) is 9.24. The lowest BCUT2D eigenvalue weighted by Crippen LogP contribution is -2.23. The summed E-state index contributed by atoms with van der Waals surface area (Å²) in [7, 11) is 0. The molecule has 1 amide bonds. The first-order valence-corrected chi connectivity index (χ1v) is 9.24. The van der Waals surface area contributed by atoms with Crippen LogP contribution in [-0.2, 0) is 5.41 Å². The monoisotopic (exact) mass is 384 g/mol. The van der Waals surface area contributed by atoms with Gasteiger partial charge in [-0.2, -0.15) is 9.61 Å². The minimum atomic E-state index is -0.560. The number of rotatable bonds is 4. The zero-order valence-corrected chi connectivity index (χ0v) is 16.7. The molecule has 0 spiro atoms. The van der Waals surface area contributed by atoms with Crippen molar-refractivity contribution in [2.24, 2.45) is 5.73 Å². The van der Waals surface area contributed by atoms with Gasteiger partial charge in [-0.3, -0.25) is 9.36 Å². The lowest BCUT2D eigenvalue weighted by atomic mass is 9.91. The number of halogens is 1. The summed E-state index contributed by atoms with van der Waals surface area (Å²) in [6.07, 6.45) is 1.47. The predicted molar refractivity (Wildman–Crippen MR) is 106 cm³/mol. The van der Waals surface area contributed by atoms with Crippen molar-refractivity contribution in [3.8, 4) is 5.69 Å². The van der Waals surface area contributed by atoms with E-state index in [0.717, 1.165) is 23.7 Å². The van der Waals surface area contributed by atoms with Crippen molar-refractivity contribution in [1.82, 2.24) is 19.2 Å². The Hall–Kier alpha value is -2.87. The number of primary amides is 1. The van der Waals surface area contributed by atoms with Crippen LogP contribution in [0.3, 0.4) is 0 Å². The van der Waals surface area contributed by atoms with Gasteiger partial charge in [0.25, 0.3) is 5.91 Å². The number of imidazole rings is 1. The Balaban J connectivity index is 2.05. The summed E-state index contributed by atoms with van der Waals surface area (Å²) < 4.78 is 17.2. The van der Waals surface area contributed by atoms with E-state index in [1.54, 1.807) is 16.6 Å². The molecule has 3 heterocycles. The second kappa shape index (κ2) is 5.81. The highest BCUT2D eigenvalue weighted by molar-refractivity contribution is 5.99. The topological polar surface area (TPSA) is 80.4 Å². The summed E-state index contributed by atoms with van der Waals surface area (Å²) in [5.74, 6) is -0.114. The molecule has 3 aromatic rings. The fourth-order valence-electron chi connectivity index (χ4n) is 3.51. The number of fused-ring (bicyclic) bond motifs is 1. The normalized spacial score (nSPS) is 18.4. The van der Waals surface area contributed by atoms with Gasteiger partial charge < -0.3 is 11.2 Å². The SMILES string of the molecule is CC(C)(C)c1c(NN2CC2(C)C)n2ncc(C(N)=O)c2n1-c1ccc(F)cc1. The summed E-state index contributed by atoms with van der Waals surface area (Å²) >= 11 is 0. The number of anilines is 1. The predicted octanol–water partition coefficient (Wildman–Crippen LogP) is 3.08. The van der Waals surface area contributed by atoms with Crippen LogP contribution >= 0.6 is 0 Å². The van der Waals surface area contributed by atoms with E-state index in [-0.39, 0.29) is 16.8 Å². The molecule has 1 aliphatic heterocycles. The van der Waals surface area contributed by atoms with Crippen molar-refractivity contribution in [2.45, 2.75) is 45.6 Å². The standard InChI is InChI=1S/C20H25FN6O/c1-19(2,3)15-17(24-25-11-20(25,4)5)27-18(14(10-23-27)16(22)28)26(15)13-8-6-12(21)7-9-13/h6-10,24H,11H2,1-5H3,(H2,22,28). The van der Waals surface area contributed by atoms with Crippen LogP contribution in [0.4, 0.5) is 10.2 Å². The zero-order valence-electron chi connectivity index (χ0n) is 16.7. The van der Waals surface area contributed by atoms with Gasteiger partial charge in [0, 0.05) is 23.2 Å². The summed E-state index contributed by atoms with van der Waals surface area (Å²) in [5, 5.41) is 6.55. The van der Waals surface area contributed by atoms with E-state index in [2.05, 4.69) is 50.2 Å². The van der Waals surface area contributed by atoms with Crippen LogP contribution in [0.2, 0.25) is 0 Å². The van der Waals surface area contributed by atoms with Crippen LogP contribution < -0.4 is 11.2 Å². The summed E-state index contributed by atoms with van der Waals surface area (Å²) in [5.41, 5.74) is 11.4. The van der Waals surface area contributed by atoms with Gasteiger partial charge in [0.2, 0.25) is 0 Å². The van der Waals surface area contributed by atoms with E-state index in [1.165, 1.54) is 18.3 Å². The average Bonchev–Trinajstić information content (AvgIpc) is 2.94. The molecular weight excluding hydrogens is 359 g/mol. The molecule has 148 valence electrons. The minimum absolute atomic E-state index is 0.0408. The average molecular weight is 384 g/mol. The number of aromatic nitrogens is 3. The van der Waals surface area contributed by atoms with Crippen LogP contribution in [0.5, 0.6) is 0 Å². The van der Waals surface area contributed by atoms with Crippen molar-refractivity contribution in [2.75, 3.05) is 12.0 Å². The van der Waals surface area contributed by atoms with E-state index in [0.29, 0.717) is 11.2 Å². The molecule has 3 N–H and O–H groups in total. The number of hydrogen-bond acceptors (Lipinski definition) is 4. The number of hydrazine groups is 1. The maximum absolute atomic E-state index is 13.5. The molecular formula is C20H25FN6O. The van der Waals surface area contributed by atoms with Gasteiger partial charge in [-0.25, -0.2) is 9.40 Å². The van der Waals surface area contributed by atoms with Gasteiger partial charge in [0.1, 0.15) is 11.4 Å². The summed E-state index contributed by atoms with van der Waals surface area (Å²) in [6, 6.07) is 6.18. The third kappa shape index (κ3) is 2.84. The maximum atomic E-state index is 13.5. The molecule has 1 unspecified atom stereocenters. The van der Waals surface area contributed by atoms with Crippen LogP contribution in [0.15, 0.2) is 30.5 Å². The van der Waals surface area contributed by atoms with Crippen molar-refractivity contribution < 1.29 is 9.18 Å². The lowest BCUT2D eigenvalue weighted by molar-refractivity contribution is 0.100. The van der Waals surface area contributed by atoms with E-state index in [1.807, 2.05) is 4.57 Å². The fraction of sp³-hybridized carbons (Fsp3) is 0.400. The quantitative estimate of drug-likeness (QED) is 0.678. The molecule has 0 aliphatic carbocycles. The van der Waals surface area contributed by atoms with Gasteiger partial charge in [-0.1, -0.05) is 20.8 Å². The largest absolute Gasteiger partial charge is 0.365 e. The highest BCUT2D eigenvalue weighted by atomic mass is 19.1. The van der Waals surface area contributed by atoms with E-state index >= 15 is 0 Å². The summed E-state index contributed by atoms with van der Waals surface area (Å²) in [4.78, 5) is 12.1. The first kappa shape index (κ1) is 18.5. The van der Waals surface area contributed by atoms with E-state index < -0.39 is 5.91 Å². The number of nitrogens with one attached hydrogen (secondary N) is 1. The molecule has 2 aromatic heterocycles. The first-order chi connectivity index (χ1) is 13.0. The van der Waals surface area contributed by atoms with Crippen LogP contribution in [-0.4, -0.2) is 37.2 Å². The molecule has 1 saturated heterocycles. The number of nitrogens with zero attached hydrogens (tertiary/aromatic N) is 4. The molecule has 1 aliphatic rings. The van der Waals surface area contributed by atoms with Gasteiger partial charge >= 0.3 is 0 Å². The number of nitrogens with two attached hydrogens (primary N) is 1. The molecule has 0 saturated carbocycles. The number of hydrogen-bond donors (Lipinski definition) is 2. The van der Waals surface area contributed by atoms with Gasteiger partial charge in [0.15, 0.2) is 11.5 Å². The Morgan fingerprint density at radius 3 is 2.36 bits per heavy atom. The highest BCUT2D eigenvalue weighted by Gasteiger charge is 2.45. The lowest BCUT2D eigenvalue weighted by Gasteiger charge is -2.24. The number of carbonyl (C=O) groups is 1. The molecule has 1 aromatic carbocycles. The van der Waals surface area contributed by atoms with Gasteiger partial charge in [-0.15, -0.1) is 0 Å². The van der Waals surface area contributed by atoms with Gasteiger partial charge in [-0.05, 0) is 38.1 Å². The Morgan fingerprint density at radius 2 is 1.86 bits per heavy atom. The Labute approximate surface area is 162 Å². The van der Waals surface area contributed by atoms with Crippen molar-refractivity contribution >= 4 is 17.4 Å². The molecule has 28 heavy (non-hydrogen) atoms. The highest BCUT2D eigenvalue weighted by Crippen LogP contribution is 2.39. The summed E-state index contributed by atoms with van der Waals surface area (Å²) in [6.45, 7) is 11.4. The fourth-order valence-corrected chi connectivity index (χ4v) is 3.51. The number of amides is 1. The molecule has 8 heteroatoms. The van der Waals surface area contributed by atoms with Crippen LogP contribution in [0, 0.1) is 5.82 Å². The van der Waals surface area contributed by atoms with Crippen molar-refractivity contribution in [1.29, 1.82) is 0 Å². The van der Waals surface area contributed by atoms with E-state index in [9.17, 15) is 9.18 Å². The molecule has 0 bridgehead atoms. The Morgan fingerprint density at radius 1 is 1.25 bits per heavy atom. The second-order valence-corrected chi connectivity index (χ2v) is 8.93. The smallest absolute Gasteiger partial charge is 0.254 e. The van der Waals surface area contributed by atoms with Crippen molar-refractivity contribution in [3.05, 3.63) is 47.5 Å². The third-order valence-electron chi connectivity index (χ3n) is 5.09. The van der Waals surface area contributed by atoms with Gasteiger partial charge in [0.05, 0.1) is 11.9 Å². The Kier molecular flexibility index (Phi) is 3.84.